The molecule has 0 aliphatic rings. The molecule has 0 saturated carbocycles. The lowest BCUT2D eigenvalue weighted by Crippen LogP contribution is -2.15. The van der Waals surface area contributed by atoms with Crippen molar-refractivity contribution in [2.45, 2.75) is 18.3 Å². The molecule has 0 atom stereocenters. The average molecular weight is 471 g/mol. The summed E-state index contributed by atoms with van der Waals surface area (Å²) in [6.07, 6.45) is 1.74. The van der Waals surface area contributed by atoms with Crippen molar-refractivity contribution in [1.29, 1.82) is 0 Å². The van der Waals surface area contributed by atoms with Crippen molar-refractivity contribution in [1.82, 2.24) is 14.8 Å². The van der Waals surface area contributed by atoms with Crippen molar-refractivity contribution in [3.63, 3.8) is 0 Å². The van der Waals surface area contributed by atoms with Gasteiger partial charge in [0.25, 0.3) is 0 Å². The second kappa shape index (κ2) is 11.8. The number of hydrogen-bond donors (Lipinski definition) is 1. The van der Waals surface area contributed by atoms with E-state index in [1.165, 1.54) is 11.8 Å². The molecule has 1 heterocycles. The molecular formula is C23H26N4O5S. The Morgan fingerprint density at radius 2 is 1.73 bits per heavy atom. The average Bonchev–Trinajstić information content (AvgIpc) is 3.23. The van der Waals surface area contributed by atoms with Crippen LogP contribution in [0, 0.1) is 0 Å². The summed E-state index contributed by atoms with van der Waals surface area (Å²) < 4.78 is 23.4. The minimum Gasteiger partial charge on any atom is -0.497 e. The molecule has 1 N–H and O–H groups in total. The Kier molecular flexibility index (Phi) is 8.59. The minimum atomic E-state index is -0.212. The van der Waals surface area contributed by atoms with Crippen LogP contribution in [0.1, 0.15) is 5.82 Å². The van der Waals surface area contributed by atoms with Gasteiger partial charge in [0, 0.05) is 12.6 Å². The molecule has 0 aliphatic heterocycles. The third-order valence-electron chi connectivity index (χ3n) is 4.55. The van der Waals surface area contributed by atoms with Gasteiger partial charge in [0.05, 0.1) is 32.8 Å². The third kappa shape index (κ3) is 6.42. The first-order valence-electron chi connectivity index (χ1n) is 10.0. The molecule has 0 fully saturated rings. The van der Waals surface area contributed by atoms with Gasteiger partial charge in [0.1, 0.15) is 29.6 Å². The fourth-order valence-corrected chi connectivity index (χ4v) is 3.66. The quantitative estimate of drug-likeness (QED) is 0.315. The molecule has 0 saturated heterocycles. The number of carbonyl (C=O) groups is 1. The molecule has 3 rings (SSSR count). The number of thioether (sulfide) groups is 1. The maximum absolute atomic E-state index is 12.6. The standard InChI is InChI=1S/C23H26N4O5S/c1-5-12-27-21(14-32-17-8-6-16(29-2)7-9-17)25-26-23(27)33-15-22(28)24-19-13-18(30-3)10-11-20(19)31-4/h5-11,13H,1,12,14-15H2,2-4H3,(H,24,28). The van der Waals surface area contributed by atoms with Gasteiger partial charge in [-0.3, -0.25) is 9.36 Å². The maximum atomic E-state index is 12.6. The van der Waals surface area contributed by atoms with Gasteiger partial charge < -0.3 is 24.3 Å². The summed E-state index contributed by atoms with van der Waals surface area (Å²) in [5.41, 5.74) is 0.531. The molecule has 2 aromatic carbocycles. The van der Waals surface area contributed by atoms with E-state index in [2.05, 4.69) is 22.1 Å². The van der Waals surface area contributed by atoms with Crippen molar-refractivity contribution >= 4 is 23.4 Å². The summed E-state index contributed by atoms with van der Waals surface area (Å²) in [6, 6.07) is 12.5. The van der Waals surface area contributed by atoms with Crippen LogP contribution in [0.15, 0.2) is 60.3 Å². The summed E-state index contributed by atoms with van der Waals surface area (Å²) in [7, 11) is 4.71. The van der Waals surface area contributed by atoms with E-state index in [0.29, 0.717) is 40.5 Å². The van der Waals surface area contributed by atoms with Crippen molar-refractivity contribution in [3.05, 3.63) is 60.9 Å². The predicted octanol–water partition coefficient (Wildman–Crippen LogP) is 3.80. The number of ether oxygens (including phenoxy) is 4. The van der Waals surface area contributed by atoms with Crippen molar-refractivity contribution in [2.24, 2.45) is 0 Å². The molecule has 0 bridgehead atoms. The first-order chi connectivity index (χ1) is 16.1. The zero-order valence-corrected chi connectivity index (χ0v) is 19.6. The molecule has 33 heavy (non-hydrogen) atoms. The first-order valence-corrected chi connectivity index (χ1v) is 11.0. The number of nitrogens with zero attached hydrogens (tertiary/aromatic N) is 3. The second-order valence-corrected chi connectivity index (χ2v) is 7.61. The Morgan fingerprint density at radius 3 is 2.39 bits per heavy atom. The lowest BCUT2D eigenvalue weighted by Gasteiger charge is -2.12. The zero-order chi connectivity index (χ0) is 23.6. The van der Waals surface area contributed by atoms with Crippen LogP contribution in [0.3, 0.4) is 0 Å². The van der Waals surface area contributed by atoms with E-state index in [0.717, 1.165) is 5.75 Å². The largest absolute Gasteiger partial charge is 0.497 e. The SMILES string of the molecule is C=CCn1c(COc2ccc(OC)cc2)nnc1SCC(=O)Nc1cc(OC)ccc1OC. The molecular weight excluding hydrogens is 444 g/mol. The van der Waals surface area contributed by atoms with Crippen LogP contribution in [0.25, 0.3) is 0 Å². The van der Waals surface area contributed by atoms with Gasteiger partial charge in [0.2, 0.25) is 5.91 Å². The summed E-state index contributed by atoms with van der Waals surface area (Å²) in [6.45, 7) is 4.51. The molecule has 0 aliphatic carbocycles. The van der Waals surface area contributed by atoms with Crippen LogP contribution < -0.4 is 24.3 Å². The van der Waals surface area contributed by atoms with E-state index in [-0.39, 0.29) is 18.3 Å². The highest BCUT2D eigenvalue weighted by molar-refractivity contribution is 7.99. The molecule has 10 heteroatoms. The number of benzene rings is 2. The molecule has 1 aromatic heterocycles. The Labute approximate surface area is 196 Å². The van der Waals surface area contributed by atoms with Crippen molar-refractivity contribution < 1.29 is 23.7 Å². The number of aromatic nitrogens is 3. The van der Waals surface area contributed by atoms with E-state index in [4.69, 9.17) is 18.9 Å². The highest BCUT2D eigenvalue weighted by Crippen LogP contribution is 2.29. The Balaban J connectivity index is 1.63. The minimum absolute atomic E-state index is 0.134. The van der Waals surface area contributed by atoms with Gasteiger partial charge >= 0.3 is 0 Å². The topological polar surface area (TPSA) is 96.7 Å². The Hall–Kier alpha value is -3.66. The Bertz CT molecular complexity index is 1080. The number of hydrogen-bond acceptors (Lipinski definition) is 8. The van der Waals surface area contributed by atoms with Crippen molar-refractivity contribution in [2.75, 3.05) is 32.4 Å². The van der Waals surface area contributed by atoms with Gasteiger partial charge in [-0.25, -0.2) is 0 Å². The normalized spacial score (nSPS) is 10.4. The van der Waals surface area contributed by atoms with Gasteiger partial charge in [-0.1, -0.05) is 17.8 Å². The number of carbonyl (C=O) groups excluding carboxylic acids is 1. The number of nitrogens with one attached hydrogen (secondary N) is 1. The van der Waals surface area contributed by atoms with E-state index in [9.17, 15) is 4.79 Å². The van der Waals surface area contributed by atoms with Crippen LogP contribution >= 0.6 is 11.8 Å². The molecule has 1 amide bonds. The lowest BCUT2D eigenvalue weighted by atomic mass is 10.2. The van der Waals surface area contributed by atoms with E-state index in [1.54, 1.807) is 45.6 Å². The Morgan fingerprint density at radius 1 is 1.03 bits per heavy atom. The van der Waals surface area contributed by atoms with E-state index in [1.807, 2.05) is 28.8 Å². The summed E-state index contributed by atoms with van der Waals surface area (Å²) in [5, 5.41) is 11.9. The smallest absolute Gasteiger partial charge is 0.234 e. The highest BCUT2D eigenvalue weighted by atomic mass is 32.2. The van der Waals surface area contributed by atoms with Crippen LogP contribution in [0.4, 0.5) is 5.69 Å². The molecule has 9 nitrogen and oxygen atoms in total. The lowest BCUT2D eigenvalue weighted by molar-refractivity contribution is -0.113. The number of rotatable bonds is 12. The summed E-state index contributed by atoms with van der Waals surface area (Å²) in [4.78, 5) is 12.6. The van der Waals surface area contributed by atoms with Crippen molar-refractivity contribution in [3.8, 4) is 23.0 Å². The van der Waals surface area contributed by atoms with E-state index >= 15 is 0 Å². The van der Waals surface area contributed by atoms with Gasteiger partial charge in [0.15, 0.2) is 11.0 Å². The monoisotopic (exact) mass is 470 g/mol. The molecule has 0 spiro atoms. The number of methoxy groups -OCH3 is 3. The highest BCUT2D eigenvalue weighted by Gasteiger charge is 2.15. The van der Waals surface area contributed by atoms with Crippen LogP contribution in [-0.2, 0) is 17.9 Å². The van der Waals surface area contributed by atoms with Gasteiger partial charge in [-0.2, -0.15) is 0 Å². The molecule has 0 radical (unpaired) electrons. The fourth-order valence-electron chi connectivity index (χ4n) is 2.89. The second-order valence-electron chi connectivity index (χ2n) is 6.67. The van der Waals surface area contributed by atoms with Gasteiger partial charge in [-0.05, 0) is 36.4 Å². The predicted molar refractivity (Wildman–Crippen MR) is 126 cm³/mol. The summed E-state index contributed by atoms with van der Waals surface area (Å²) >= 11 is 1.27. The fraction of sp³-hybridized carbons (Fsp3) is 0.261. The molecule has 0 unspecified atom stereocenters. The number of anilines is 1. The molecule has 3 aromatic rings. The summed E-state index contributed by atoms with van der Waals surface area (Å²) in [5.74, 6) is 3.15. The van der Waals surface area contributed by atoms with Crippen LogP contribution in [0.2, 0.25) is 0 Å². The maximum Gasteiger partial charge on any atom is 0.234 e. The van der Waals surface area contributed by atoms with E-state index < -0.39 is 0 Å². The van der Waals surface area contributed by atoms with Gasteiger partial charge in [-0.15, -0.1) is 16.8 Å². The third-order valence-corrected chi connectivity index (χ3v) is 5.51. The molecule has 174 valence electrons. The van der Waals surface area contributed by atoms with Crippen LogP contribution in [-0.4, -0.2) is 47.8 Å². The first kappa shape index (κ1) is 24.0. The van der Waals surface area contributed by atoms with Crippen LogP contribution in [0.5, 0.6) is 23.0 Å². The zero-order valence-electron chi connectivity index (χ0n) is 18.7. The number of allylic oxidation sites excluding steroid dienone is 1. The number of amides is 1.